The molecule has 0 saturated carbocycles. The second kappa shape index (κ2) is 6.85. The van der Waals surface area contributed by atoms with Crippen LogP contribution in [-0.2, 0) is 0 Å². The molecular formula is C19H13ClF2N4O. The first-order valence-corrected chi connectivity index (χ1v) is 8.34. The number of benzene rings is 2. The zero-order valence-electron chi connectivity index (χ0n) is 14.1. The lowest BCUT2D eigenvalue weighted by Gasteiger charge is -2.06. The standard InChI is InChI=1S/C19H13ClF2N4O/c1-27-15-4-2-3-11(16(15)22)18-25-14-7-8-23-19(17(14)26-18)24-10-5-6-13(21)12(20)9-10/h2-9H,1H3,(H,23,24)(H,25,26). The van der Waals surface area contributed by atoms with Gasteiger partial charge in [-0.15, -0.1) is 0 Å². The molecule has 0 bridgehead atoms. The molecule has 27 heavy (non-hydrogen) atoms. The van der Waals surface area contributed by atoms with Crippen molar-refractivity contribution in [2.24, 2.45) is 0 Å². The molecule has 0 atom stereocenters. The number of anilines is 2. The van der Waals surface area contributed by atoms with Crippen LogP contribution in [0.4, 0.5) is 20.3 Å². The number of aromatic nitrogens is 3. The molecule has 2 aromatic carbocycles. The minimum atomic E-state index is -0.510. The highest BCUT2D eigenvalue weighted by molar-refractivity contribution is 6.31. The molecule has 4 rings (SSSR count). The average molecular weight is 387 g/mol. The lowest BCUT2D eigenvalue weighted by Crippen LogP contribution is -1.95. The number of aromatic amines is 1. The topological polar surface area (TPSA) is 62.8 Å². The third-order valence-electron chi connectivity index (χ3n) is 4.02. The zero-order valence-corrected chi connectivity index (χ0v) is 14.8. The highest BCUT2D eigenvalue weighted by Crippen LogP contribution is 2.31. The van der Waals surface area contributed by atoms with E-state index in [4.69, 9.17) is 16.3 Å². The van der Waals surface area contributed by atoms with Crippen molar-refractivity contribution < 1.29 is 13.5 Å². The zero-order chi connectivity index (χ0) is 19.0. The minimum absolute atomic E-state index is 0.00616. The maximum absolute atomic E-state index is 14.6. The Morgan fingerprint density at radius 3 is 2.78 bits per heavy atom. The molecule has 4 aromatic rings. The number of hydrogen-bond donors (Lipinski definition) is 2. The summed E-state index contributed by atoms with van der Waals surface area (Å²) in [6.07, 6.45) is 1.58. The summed E-state index contributed by atoms with van der Waals surface area (Å²) < 4.78 is 32.9. The van der Waals surface area contributed by atoms with E-state index in [0.717, 1.165) is 0 Å². The second-order valence-corrected chi connectivity index (χ2v) is 6.12. The van der Waals surface area contributed by atoms with E-state index in [2.05, 4.69) is 20.3 Å². The number of rotatable bonds is 4. The van der Waals surface area contributed by atoms with Crippen LogP contribution in [0.3, 0.4) is 0 Å². The molecule has 8 heteroatoms. The molecule has 136 valence electrons. The van der Waals surface area contributed by atoms with Gasteiger partial charge in [-0.1, -0.05) is 17.7 Å². The Balaban J connectivity index is 1.77. The molecule has 0 fully saturated rings. The molecule has 0 spiro atoms. The fourth-order valence-corrected chi connectivity index (χ4v) is 2.90. The van der Waals surface area contributed by atoms with E-state index in [-0.39, 0.29) is 16.3 Å². The smallest absolute Gasteiger partial charge is 0.175 e. The second-order valence-electron chi connectivity index (χ2n) is 5.72. The molecular weight excluding hydrogens is 374 g/mol. The molecule has 5 nitrogen and oxygen atoms in total. The Bertz CT molecular complexity index is 1150. The summed E-state index contributed by atoms with van der Waals surface area (Å²) in [5.74, 6) is -0.114. The number of nitrogens with zero attached hydrogens (tertiary/aromatic N) is 2. The van der Waals surface area contributed by atoms with Gasteiger partial charge in [0.05, 0.1) is 23.2 Å². The van der Waals surface area contributed by atoms with Gasteiger partial charge in [-0.3, -0.25) is 0 Å². The van der Waals surface area contributed by atoms with E-state index in [0.29, 0.717) is 28.4 Å². The van der Waals surface area contributed by atoms with Crippen molar-refractivity contribution in [3.8, 4) is 17.1 Å². The number of H-pyrrole nitrogens is 1. The highest BCUT2D eigenvalue weighted by atomic mass is 35.5. The number of fused-ring (bicyclic) bond motifs is 1. The van der Waals surface area contributed by atoms with Crippen LogP contribution >= 0.6 is 11.6 Å². The van der Waals surface area contributed by atoms with Gasteiger partial charge in [-0.05, 0) is 36.4 Å². The maximum Gasteiger partial charge on any atom is 0.175 e. The lowest BCUT2D eigenvalue weighted by atomic mass is 10.2. The molecule has 2 heterocycles. The number of methoxy groups -OCH3 is 1. The van der Waals surface area contributed by atoms with Gasteiger partial charge in [0.2, 0.25) is 0 Å². The van der Waals surface area contributed by atoms with E-state index in [1.807, 2.05) is 0 Å². The van der Waals surface area contributed by atoms with Crippen molar-refractivity contribution in [1.29, 1.82) is 0 Å². The fraction of sp³-hybridized carbons (Fsp3) is 0.0526. The van der Waals surface area contributed by atoms with Gasteiger partial charge in [-0.2, -0.15) is 0 Å². The summed E-state index contributed by atoms with van der Waals surface area (Å²) in [6.45, 7) is 0. The summed E-state index contributed by atoms with van der Waals surface area (Å²) in [5.41, 5.74) is 2.01. The number of imidazole rings is 1. The van der Waals surface area contributed by atoms with Crippen LogP contribution in [0.25, 0.3) is 22.4 Å². The van der Waals surface area contributed by atoms with Gasteiger partial charge >= 0.3 is 0 Å². The molecule has 0 amide bonds. The summed E-state index contributed by atoms with van der Waals surface area (Å²) in [4.78, 5) is 11.8. The molecule has 2 N–H and O–H groups in total. The Kier molecular flexibility index (Phi) is 4.37. The number of ether oxygens (including phenoxy) is 1. The lowest BCUT2D eigenvalue weighted by molar-refractivity contribution is 0.387. The van der Waals surface area contributed by atoms with E-state index in [1.165, 1.54) is 31.4 Å². The molecule has 2 aromatic heterocycles. The Morgan fingerprint density at radius 2 is 2.00 bits per heavy atom. The van der Waals surface area contributed by atoms with Gasteiger partial charge in [0.15, 0.2) is 17.4 Å². The van der Waals surface area contributed by atoms with Gasteiger partial charge in [0.25, 0.3) is 0 Å². The third-order valence-corrected chi connectivity index (χ3v) is 4.31. The molecule has 0 aliphatic carbocycles. The molecule has 0 saturated heterocycles. The summed E-state index contributed by atoms with van der Waals surface area (Å²) in [6, 6.07) is 10.8. The molecule has 0 radical (unpaired) electrons. The van der Waals surface area contributed by atoms with Gasteiger partial charge < -0.3 is 15.0 Å². The first-order chi connectivity index (χ1) is 13.1. The summed E-state index contributed by atoms with van der Waals surface area (Å²) >= 11 is 5.82. The Morgan fingerprint density at radius 1 is 1.15 bits per heavy atom. The van der Waals surface area contributed by atoms with Gasteiger partial charge in [-0.25, -0.2) is 18.7 Å². The first kappa shape index (κ1) is 17.2. The molecule has 0 aliphatic heterocycles. The Hall–Kier alpha value is -3.19. The quantitative estimate of drug-likeness (QED) is 0.499. The highest BCUT2D eigenvalue weighted by Gasteiger charge is 2.16. The average Bonchev–Trinajstić information content (AvgIpc) is 3.10. The normalized spacial score (nSPS) is 11.0. The van der Waals surface area contributed by atoms with Crippen molar-refractivity contribution in [1.82, 2.24) is 15.0 Å². The first-order valence-electron chi connectivity index (χ1n) is 7.96. The van der Waals surface area contributed by atoms with Crippen molar-refractivity contribution in [2.75, 3.05) is 12.4 Å². The number of nitrogens with one attached hydrogen (secondary N) is 2. The van der Waals surface area contributed by atoms with Crippen LogP contribution in [0.5, 0.6) is 5.75 Å². The van der Waals surface area contributed by atoms with Crippen LogP contribution in [-0.4, -0.2) is 22.1 Å². The van der Waals surface area contributed by atoms with E-state index < -0.39 is 11.6 Å². The number of hydrogen-bond acceptors (Lipinski definition) is 4. The van der Waals surface area contributed by atoms with Crippen molar-refractivity contribution in [3.05, 3.63) is 65.3 Å². The van der Waals surface area contributed by atoms with Gasteiger partial charge in [0, 0.05) is 11.9 Å². The summed E-state index contributed by atoms with van der Waals surface area (Å²) in [5, 5.41) is 3.05. The predicted octanol–water partition coefficient (Wildman–Crippen LogP) is 5.31. The van der Waals surface area contributed by atoms with E-state index in [1.54, 1.807) is 24.4 Å². The van der Waals surface area contributed by atoms with Crippen LogP contribution in [0.2, 0.25) is 5.02 Å². The van der Waals surface area contributed by atoms with Crippen molar-refractivity contribution in [3.63, 3.8) is 0 Å². The van der Waals surface area contributed by atoms with E-state index >= 15 is 0 Å². The molecule has 0 unspecified atom stereocenters. The number of halogens is 3. The predicted molar refractivity (Wildman–Crippen MR) is 101 cm³/mol. The van der Waals surface area contributed by atoms with Crippen LogP contribution in [0.1, 0.15) is 0 Å². The largest absolute Gasteiger partial charge is 0.494 e. The van der Waals surface area contributed by atoms with Crippen LogP contribution < -0.4 is 10.1 Å². The van der Waals surface area contributed by atoms with Crippen LogP contribution in [0, 0.1) is 11.6 Å². The van der Waals surface area contributed by atoms with E-state index in [9.17, 15) is 8.78 Å². The summed E-state index contributed by atoms with van der Waals surface area (Å²) in [7, 11) is 1.40. The van der Waals surface area contributed by atoms with Gasteiger partial charge in [0.1, 0.15) is 17.2 Å². The van der Waals surface area contributed by atoms with Crippen molar-refractivity contribution >= 4 is 34.1 Å². The SMILES string of the molecule is COc1cccc(-c2nc3c(Nc4ccc(F)c(Cl)c4)nccc3[nH]2)c1F. The molecule has 0 aliphatic rings. The monoisotopic (exact) mass is 386 g/mol. The fourth-order valence-electron chi connectivity index (χ4n) is 2.72. The minimum Gasteiger partial charge on any atom is -0.494 e. The van der Waals surface area contributed by atoms with Crippen LogP contribution in [0.15, 0.2) is 48.7 Å². The third kappa shape index (κ3) is 3.17. The Labute approximate surface area is 158 Å². The van der Waals surface area contributed by atoms with Crippen molar-refractivity contribution in [2.45, 2.75) is 0 Å². The maximum atomic E-state index is 14.6. The number of pyridine rings is 1.